The molecule has 1 aromatic heterocycles. The van der Waals surface area contributed by atoms with Crippen LogP contribution < -0.4 is 0 Å². The summed E-state index contributed by atoms with van der Waals surface area (Å²) in [6, 6.07) is 18.8. The third-order valence-electron chi connectivity index (χ3n) is 4.93. The summed E-state index contributed by atoms with van der Waals surface area (Å²) in [5, 5.41) is 1.29. The molecule has 0 radical (unpaired) electrons. The maximum absolute atomic E-state index is 12.7. The van der Waals surface area contributed by atoms with Crippen LogP contribution in [0.25, 0.3) is 10.9 Å². The fourth-order valence-corrected chi connectivity index (χ4v) is 3.85. The van der Waals surface area contributed by atoms with Crippen molar-refractivity contribution in [3.8, 4) is 0 Å². The van der Waals surface area contributed by atoms with Gasteiger partial charge in [-0.05, 0) is 30.0 Å². The normalized spacial score (nSPS) is 17.0. The summed E-state index contributed by atoms with van der Waals surface area (Å²) in [5.74, 6) is 0.246. The van der Waals surface area contributed by atoms with Gasteiger partial charge in [-0.25, -0.2) is 0 Å². The smallest absolute Gasteiger partial charge is 0.223 e. The summed E-state index contributed by atoms with van der Waals surface area (Å²) < 4.78 is 0. The van der Waals surface area contributed by atoms with Crippen molar-refractivity contribution in [1.82, 2.24) is 9.88 Å². The lowest BCUT2D eigenvalue weighted by Crippen LogP contribution is -2.40. The molecule has 0 fully saturated rings. The largest absolute Gasteiger partial charge is 0.356 e. The van der Waals surface area contributed by atoms with Gasteiger partial charge < -0.3 is 9.88 Å². The van der Waals surface area contributed by atoms with E-state index in [9.17, 15) is 4.79 Å². The van der Waals surface area contributed by atoms with Gasteiger partial charge in [0.2, 0.25) is 5.91 Å². The van der Waals surface area contributed by atoms with E-state index in [1.807, 2.05) is 6.07 Å². The zero-order valence-electron chi connectivity index (χ0n) is 14.0. The number of hydrogen-bond donors (Lipinski definition) is 1. The quantitative estimate of drug-likeness (QED) is 0.761. The molecular weight excluding hydrogens is 296 g/mol. The van der Waals surface area contributed by atoms with Crippen molar-refractivity contribution in [2.24, 2.45) is 0 Å². The summed E-state index contributed by atoms with van der Waals surface area (Å²) in [7, 11) is 0. The first kappa shape index (κ1) is 15.0. The van der Waals surface area contributed by atoms with Gasteiger partial charge in [0.25, 0.3) is 0 Å². The molecule has 122 valence electrons. The Hall–Kier alpha value is -2.55. The number of carbonyl (C=O) groups is 1. The van der Waals surface area contributed by atoms with Crippen LogP contribution in [-0.2, 0) is 11.2 Å². The van der Waals surface area contributed by atoms with E-state index in [2.05, 4.69) is 65.3 Å². The maximum Gasteiger partial charge on any atom is 0.223 e. The van der Waals surface area contributed by atoms with Crippen LogP contribution in [0.5, 0.6) is 0 Å². The van der Waals surface area contributed by atoms with Crippen LogP contribution in [0.1, 0.15) is 42.6 Å². The van der Waals surface area contributed by atoms with Crippen LogP contribution in [0.2, 0.25) is 0 Å². The molecule has 1 N–H and O–H groups in total. The number of nitrogens with zero attached hydrogens (tertiary/aromatic N) is 1. The second-order valence-electron chi connectivity index (χ2n) is 6.46. The molecule has 2 heterocycles. The van der Waals surface area contributed by atoms with Crippen molar-refractivity contribution >= 4 is 16.8 Å². The number of aromatic nitrogens is 1. The van der Waals surface area contributed by atoms with Crippen molar-refractivity contribution in [1.29, 1.82) is 0 Å². The Morgan fingerprint density at radius 2 is 1.88 bits per heavy atom. The molecule has 3 nitrogen and oxygen atoms in total. The van der Waals surface area contributed by atoms with E-state index in [0.717, 1.165) is 24.9 Å². The highest BCUT2D eigenvalue weighted by molar-refractivity contribution is 5.86. The van der Waals surface area contributed by atoms with Crippen LogP contribution in [-0.4, -0.2) is 22.3 Å². The van der Waals surface area contributed by atoms with Crippen molar-refractivity contribution < 1.29 is 4.79 Å². The van der Waals surface area contributed by atoms with Crippen molar-refractivity contribution in [2.45, 2.75) is 32.2 Å². The summed E-state index contributed by atoms with van der Waals surface area (Å²) in [6.45, 7) is 2.85. The number of benzene rings is 2. The van der Waals surface area contributed by atoms with E-state index < -0.39 is 0 Å². The zero-order valence-corrected chi connectivity index (χ0v) is 14.0. The molecule has 1 amide bonds. The number of aromatic amines is 1. The van der Waals surface area contributed by atoms with Crippen molar-refractivity contribution in [2.75, 3.05) is 6.54 Å². The second-order valence-corrected chi connectivity index (χ2v) is 6.46. The second kappa shape index (κ2) is 6.16. The minimum atomic E-state index is -0.0126. The molecule has 1 atom stereocenters. The Kier molecular flexibility index (Phi) is 3.85. The molecule has 4 rings (SSSR count). The molecule has 2 aromatic carbocycles. The Bertz CT molecular complexity index is 866. The molecule has 0 spiro atoms. The summed E-state index contributed by atoms with van der Waals surface area (Å²) >= 11 is 0. The summed E-state index contributed by atoms with van der Waals surface area (Å²) in [6.07, 6.45) is 2.41. The van der Waals surface area contributed by atoms with Crippen LogP contribution in [0.3, 0.4) is 0 Å². The third kappa shape index (κ3) is 2.41. The third-order valence-corrected chi connectivity index (χ3v) is 4.93. The van der Waals surface area contributed by atoms with Gasteiger partial charge in [0, 0.05) is 29.6 Å². The lowest BCUT2D eigenvalue weighted by Gasteiger charge is -2.36. The Balaban J connectivity index is 1.87. The Labute approximate surface area is 142 Å². The van der Waals surface area contributed by atoms with Gasteiger partial charge in [-0.15, -0.1) is 0 Å². The molecule has 0 aliphatic carbocycles. The van der Waals surface area contributed by atoms with Gasteiger partial charge in [0.1, 0.15) is 0 Å². The average Bonchev–Trinajstić information content (AvgIpc) is 3.00. The van der Waals surface area contributed by atoms with E-state index in [-0.39, 0.29) is 11.9 Å². The molecule has 3 aromatic rings. The highest BCUT2D eigenvalue weighted by Crippen LogP contribution is 2.38. The fourth-order valence-electron chi connectivity index (χ4n) is 3.85. The first-order chi connectivity index (χ1) is 11.8. The number of carbonyl (C=O) groups excluding carboxylic acids is 1. The number of nitrogens with one attached hydrogen (secondary N) is 1. The summed E-state index contributed by atoms with van der Waals surface area (Å²) in [4.78, 5) is 18.4. The van der Waals surface area contributed by atoms with Crippen LogP contribution in [0, 0.1) is 0 Å². The van der Waals surface area contributed by atoms with Gasteiger partial charge in [-0.2, -0.15) is 0 Å². The van der Waals surface area contributed by atoms with Crippen LogP contribution >= 0.6 is 0 Å². The Morgan fingerprint density at radius 3 is 2.67 bits per heavy atom. The molecule has 1 unspecified atom stereocenters. The number of para-hydroxylation sites is 1. The zero-order chi connectivity index (χ0) is 16.5. The predicted molar refractivity (Wildman–Crippen MR) is 96.9 cm³/mol. The first-order valence-electron chi connectivity index (χ1n) is 8.73. The average molecular weight is 318 g/mol. The van der Waals surface area contributed by atoms with Crippen molar-refractivity contribution in [3.63, 3.8) is 0 Å². The minimum Gasteiger partial charge on any atom is -0.356 e. The molecule has 0 saturated heterocycles. The SMILES string of the molecule is CCCC(=O)N1CCc2c([nH]c3ccccc23)C1c1ccccc1. The van der Waals surface area contributed by atoms with Gasteiger partial charge in [-0.1, -0.05) is 55.5 Å². The van der Waals surface area contributed by atoms with Gasteiger partial charge in [-0.3, -0.25) is 4.79 Å². The minimum absolute atomic E-state index is 0.0126. The number of rotatable bonds is 3. The molecule has 0 bridgehead atoms. The number of amides is 1. The predicted octanol–water partition coefficient (Wildman–Crippen LogP) is 4.44. The van der Waals surface area contributed by atoms with Crippen LogP contribution in [0.4, 0.5) is 0 Å². The standard InChI is InChI=1S/C21H22N2O/c1-2-8-19(24)23-14-13-17-16-11-6-7-12-18(16)22-20(17)21(23)15-9-4-3-5-10-15/h3-7,9-12,21-22H,2,8,13-14H2,1H3. The van der Waals surface area contributed by atoms with E-state index in [4.69, 9.17) is 0 Å². The van der Waals surface area contributed by atoms with E-state index in [1.165, 1.54) is 22.2 Å². The number of hydrogen-bond acceptors (Lipinski definition) is 1. The fraction of sp³-hybridized carbons (Fsp3) is 0.286. The monoisotopic (exact) mass is 318 g/mol. The van der Waals surface area contributed by atoms with Crippen LogP contribution in [0.15, 0.2) is 54.6 Å². The van der Waals surface area contributed by atoms with E-state index in [1.54, 1.807) is 0 Å². The topological polar surface area (TPSA) is 36.1 Å². The Morgan fingerprint density at radius 1 is 1.12 bits per heavy atom. The van der Waals surface area contributed by atoms with Gasteiger partial charge in [0.15, 0.2) is 0 Å². The molecule has 1 aliphatic rings. The first-order valence-corrected chi connectivity index (χ1v) is 8.73. The van der Waals surface area contributed by atoms with E-state index in [0.29, 0.717) is 6.42 Å². The number of H-pyrrole nitrogens is 1. The number of fused-ring (bicyclic) bond motifs is 3. The highest BCUT2D eigenvalue weighted by atomic mass is 16.2. The summed E-state index contributed by atoms with van der Waals surface area (Å²) in [5.41, 5.74) is 4.88. The molecule has 1 aliphatic heterocycles. The highest BCUT2D eigenvalue weighted by Gasteiger charge is 2.33. The van der Waals surface area contributed by atoms with Gasteiger partial charge in [0.05, 0.1) is 6.04 Å². The molecular formula is C21H22N2O. The molecule has 0 saturated carbocycles. The maximum atomic E-state index is 12.7. The van der Waals surface area contributed by atoms with Crippen molar-refractivity contribution in [3.05, 3.63) is 71.4 Å². The lowest BCUT2D eigenvalue weighted by atomic mass is 9.92. The molecule has 24 heavy (non-hydrogen) atoms. The van der Waals surface area contributed by atoms with E-state index >= 15 is 0 Å². The lowest BCUT2D eigenvalue weighted by molar-refractivity contribution is -0.133. The van der Waals surface area contributed by atoms with Gasteiger partial charge >= 0.3 is 0 Å². The molecule has 3 heteroatoms.